The van der Waals surface area contributed by atoms with Crippen LogP contribution in [0.25, 0.3) is 0 Å². The lowest BCUT2D eigenvalue weighted by Crippen LogP contribution is -2.60. The number of carbonyl (C=O) groups is 4. The smallest absolute Gasteiger partial charge is 0.475 e. The average Bonchev–Trinajstić information content (AvgIpc) is 3.59. The van der Waals surface area contributed by atoms with Crippen LogP contribution < -0.4 is 0 Å². The van der Waals surface area contributed by atoms with Gasteiger partial charge >= 0.3 is 18.1 Å². The molecule has 2 aromatic rings. The number of rotatable bonds is 5. The van der Waals surface area contributed by atoms with Gasteiger partial charge in [0, 0.05) is 19.2 Å². The molecule has 220 valence electrons. The van der Waals surface area contributed by atoms with E-state index in [0.717, 1.165) is 16.0 Å². The number of fused-ring (bicyclic) bond motifs is 3. The fraction of sp³-hybridized carbons (Fsp3) is 0.357. The van der Waals surface area contributed by atoms with E-state index in [1.807, 2.05) is 47.4 Å². The summed E-state index contributed by atoms with van der Waals surface area (Å²) in [6.07, 6.45) is -4.86. The van der Waals surface area contributed by atoms with E-state index in [4.69, 9.17) is 24.9 Å². The van der Waals surface area contributed by atoms with E-state index in [1.165, 1.54) is 25.9 Å². The summed E-state index contributed by atoms with van der Waals surface area (Å²) in [5.74, 6) is -4.87. The lowest BCUT2D eigenvalue weighted by Gasteiger charge is -2.40. The number of aliphatic imine (C=N–C) groups is 1. The van der Waals surface area contributed by atoms with Crippen LogP contribution in [0.2, 0.25) is 0 Å². The van der Waals surface area contributed by atoms with Gasteiger partial charge in [-0.05, 0) is 23.3 Å². The van der Waals surface area contributed by atoms with Crippen molar-refractivity contribution in [3.63, 3.8) is 0 Å². The number of imide groups is 1. The molecule has 4 atom stereocenters. The second-order valence-electron chi connectivity index (χ2n) is 9.78. The number of aliphatic carboxylic acids is 1. The van der Waals surface area contributed by atoms with Crippen LogP contribution in [0.15, 0.2) is 59.6 Å². The van der Waals surface area contributed by atoms with Crippen LogP contribution in [0.3, 0.4) is 0 Å². The Labute approximate surface area is 242 Å². The van der Waals surface area contributed by atoms with E-state index in [1.54, 1.807) is 12.1 Å². The van der Waals surface area contributed by atoms with Crippen LogP contribution >= 0.6 is 11.8 Å². The van der Waals surface area contributed by atoms with Crippen molar-refractivity contribution >= 4 is 40.7 Å². The molecule has 1 N–H and O–H groups in total. The standard InChI is InChI=1S/C26H24N4O4S.C2HF3O2/c1-29-22(31)20-19-14-28-25(35-15-18-10-8-17(13-27)9-11-18)30(19)26(24(33)34-2,21(20)23(29)32)12-16-6-4-3-5-7-16;3-2(4,5)1(6)7/h3-11,19-21H,12,14-15H2,1-2H3;(H,6,7)/t19-,20+,21-,26-;/m1./s1. The van der Waals surface area contributed by atoms with Crippen molar-refractivity contribution < 1.29 is 42.2 Å². The summed E-state index contributed by atoms with van der Waals surface area (Å²) in [6.45, 7) is 0.331. The predicted octanol–water partition coefficient (Wildman–Crippen LogP) is 2.86. The van der Waals surface area contributed by atoms with Crippen LogP contribution in [0.4, 0.5) is 13.2 Å². The Hall–Kier alpha value is -4.38. The lowest BCUT2D eigenvalue weighted by molar-refractivity contribution is -0.192. The number of carbonyl (C=O) groups excluding carboxylic acids is 3. The topological polar surface area (TPSA) is 140 Å². The molecule has 0 aliphatic carbocycles. The Morgan fingerprint density at radius 1 is 1.12 bits per heavy atom. The van der Waals surface area contributed by atoms with Crippen molar-refractivity contribution in [3.8, 4) is 6.07 Å². The molecule has 3 aliphatic rings. The molecule has 3 aliphatic heterocycles. The van der Waals surface area contributed by atoms with Gasteiger partial charge < -0.3 is 14.7 Å². The number of nitriles is 1. The average molecular weight is 603 g/mol. The third-order valence-electron chi connectivity index (χ3n) is 7.43. The van der Waals surface area contributed by atoms with Gasteiger partial charge in [0.25, 0.3) is 0 Å². The van der Waals surface area contributed by atoms with Gasteiger partial charge in [-0.1, -0.05) is 54.2 Å². The minimum Gasteiger partial charge on any atom is -0.475 e. The zero-order chi connectivity index (χ0) is 30.8. The van der Waals surface area contributed by atoms with Crippen molar-refractivity contribution in [1.29, 1.82) is 5.26 Å². The van der Waals surface area contributed by atoms with E-state index in [0.29, 0.717) is 23.0 Å². The van der Waals surface area contributed by atoms with Gasteiger partial charge in [0.1, 0.15) is 0 Å². The maximum Gasteiger partial charge on any atom is 0.490 e. The first kappa shape index (κ1) is 30.6. The highest BCUT2D eigenvalue weighted by Crippen LogP contribution is 2.53. The first-order valence-electron chi connectivity index (χ1n) is 12.6. The van der Waals surface area contributed by atoms with Gasteiger partial charge in [0.05, 0.1) is 43.2 Å². The number of alkyl halides is 3. The molecule has 42 heavy (non-hydrogen) atoms. The first-order chi connectivity index (χ1) is 19.9. The van der Waals surface area contributed by atoms with E-state index in [9.17, 15) is 27.6 Å². The molecule has 0 aromatic heterocycles. The maximum atomic E-state index is 13.6. The molecule has 5 rings (SSSR count). The molecule has 2 fully saturated rings. The summed E-state index contributed by atoms with van der Waals surface area (Å²) in [5, 5.41) is 16.8. The quantitative estimate of drug-likeness (QED) is 0.404. The number of methoxy groups -OCH3 is 1. The second-order valence-corrected chi connectivity index (χ2v) is 10.7. The molecule has 2 aromatic carbocycles. The normalized spacial score (nSPS) is 24.3. The van der Waals surface area contributed by atoms with E-state index in [2.05, 4.69) is 6.07 Å². The van der Waals surface area contributed by atoms with Gasteiger partial charge in [0.15, 0.2) is 10.7 Å². The molecule has 0 saturated carbocycles. The number of thioether (sulfide) groups is 1. The van der Waals surface area contributed by atoms with Crippen LogP contribution in [0.1, 0.15) is 16.7 Å². The molecule has 2 amide bonds. The molecule has 0 radical (unpaired) electrons. The predicted molar refractivity (Wildman–Crippen MR) is 144 cm³/mol. The number of carboxylic acids is 1. The summed E-state index contributed by atoms with van der Waals surface area (Å²) < 4.78 is 37.1. The molecule has 14 heteroatoms. The number of amides is 2. The zero-order valence-corrected chi connectivity index (χ0v) is 23.2. The van der Waals surface area contributed by atoms with Gasteiger partial charge in [-0.15, -0.1) is 0 Å². The van der Waals surface area contributed by atoms with E-state index >= 15 is 0 Å². The van der Waals surface area contributed by atoms with Crippen molar-refractivity contribution in [2.75, 3.05) is 20.7 Å². The summed E-state index contributed by atoms with van der Waals surface area (Å²) in [7, 11) is 2.80. The molecular formula is C28H25F3N4O6S. The van der Waals surface area contributed by atoms with Crippen LogP contribution in [0, 0.1) is 23.2 Å². The van der Waals surface area contributed by atoms with Crippen LogP contribution in [0.5, 0.6) is 0 Å². The maximum absolute atomic E-state index is 13.6. The van der Waals surface area contributed by atoms with Gasteiger partial charge in [-0.3, -0.25) is 19.5 Å². The summed E-state index contributed by atoms with van der Waals surface area (Å²) in [4.78, 5) is 56.9. The summed E-state index contributed by atoms with van der Waals surface area (Å²) in [6, 6.07) is 18.5. The highest BCUT2D eigenvalue weighted by Gasteiger charge is 2.73. The largest absolute Gasteiger partial charge is 0.490 e. The summed E-state index contributed by atoms with van der Waals surface area (Å²) >= 11 is 1.46. The molecule has 0 unspecified atom stereocenters. The Bertz CT molecular complexity index is 1460. The number of hydrogen-bond acceptors (Lipinski definition) is 9. The molecule has 0 spiro atoms. The zero-order valence-electron chi connectivity index (χ0n) is 22.4. The number of hydrogen-bond donors (Lipinski definition) is 1. The number of nitrogens with zero attached hydrogens (tertiary/aromatic N) is 4. The minimum absolute atomic E-state index is 0.224. The van der Waals surface area contributed by atoms with Gasteiger partial charge in [-0.2, -0.15) is 18.4 Å². The van der Waals surface area contributed by atoms with Crippen molar-refractivity contribution in [3.05, 3.63) is 71.3 Å². The molecule has 10 nitrogen and oxygen atoms in total. The Morgan fingerprint density at radius 3 is 2.29 bits per heavy atom. The number of benzene rings is 2. The summed E-state index contributed by atoms with van der Waals surface area (Å²) in [5.41, 5.74) is 1.07. The van der Waals surface area contributed by atoms with Gasteiger partial charge in [0.2, 0.25) is 11.8 Å². The Balaban J connectivity index is 0.000000517. The monoisotopic (exact) mass is 602 g/mol. The molecule has 3 heterocycles. The highest BCUT2D eigenvalue weighted by atomic mass is 32.2. The van der Waals surface area contributed by atoms with E-state index in [-0.39, 0.29) is 18.2 Å². The third kappa shape index (κ3) is 5.44. The number of amidine groups is 1. The number of likely N-dealkylation sites (tertiary alicyclic amines) is 1. The Morgan fingerprint density at radius 2 is 1.74 bits per heavy atom. The van der Waals surface area contributed by atoms with E-state index < -0.39 is 41.5 Å². The fourth-order valence-corrected chi connectivity index (χ4v) is 6.69. The van der Waals surface area contributed by atoms with Crippen molar-refractivity contribution in [2.24, 2.45) is 16.8 Å². The van der Waals surface area contributed by atoms with Crippen LogP contribution in [-0.4, -0.2) is 82.3 Å². The number of ether oxygens (including phenoxy) is 1. The number of halogens is 3. The fourth-order valence-electron chi connectivity index (χ4n) is 5.60. The SMILES string of the molecule is COC(=O)[C@@]1(Cc2ccccc2)[C@H]2C(=O)N(C)C(=O)[C@H]2[C@H]2CN=C(SCc3ccc(C#N)cc3)N21.O=C(O)C(F)(F)F. The molecule has 2 saturated heterocycles. The van der Waals surface area contributed by atoms with Gasteiger partial charge in [-0.25, -0.2) is 9.59 Å². The second kappa shape index (κ2) is 11.8. The van der Waals surface area contributed by atoms with Crippen LogP contribution in [-0.2, 0) is 36.1 Å². The third-order valence-corrected chi connectivity index (χ3v) is 8.49. The molecule has 0 bridgehead atoms. The first-order valence-corrected chi connectivity index (χ1v) is 13.5. The lowest BCUT2D eigenvalue weighted by atomic mass is 9.76. The number of esters is 1. The van der Waals surface area contributed by atoms with Crippen molar-refractivity contribution in [1.82, 2.24) is 9.80 Å². The highest BCUT2D eigenvalue weighted by molar-refractivity contribution is 8.13. The molecular weight excluding hydrogens is 577 g/mol. The minimum atomic E-state index is -5.08. The number of carboxylic acid groups (broad SMARTS) is 1. The van der Waals surface area contributed by atoms with Crippen molar-refractivity contribution in [2.45, 2.75) is 29.9 Å². The Kier molecular flexibility index (Phi) is 8.63.